The van der Waals surface area contributed by atoms with Crippen molar-refractivity contribution in [3.63, 3.8) is 0 Å². The van der Waals surface area contributed by atoms with Gasteiger partial charge < -0.3 is 10.1 Å². The average molecular weight is 427 g/mol. The molecule has 4 rings (SSSR count). The van der Waals surface area contributed by atoms with Crippen molar-refractivity contribution in [2.75, 3.05) is 12.4 Å². The van der Waals surface area contributed by atoms with Crippen LogP contribution in [0.4, 0.5) is 5.69 Å². The fraction of sp³-hybridized carbons (Fsp3) is 0.190. The lowest BCUT2D eigenvalue weighted by molar-refractivity contribution is 0.102. The molecule has 0 spiro atoms. The van der Waals surface area contributed by atoms with Gasteiger partial charge in [0.2, 0.25) is 0 Å². The predicted octanol–water partition coefficient (Wildman–Crippen LogP) is 5.66. The molecule has 0 saturated heterocycles. The number of amides is 1. The maximum Gasteiger partial charge on any atom is 0.256 e. The van der Waals surface area contributed by atoms with Crippen LogP contribution >= 0.6 is 22.9 Å². The van der Waals surface area contributed by atoms with Crippen molar-refractivity contribution < 1.29 is 9.53 Å². The number of hydrogen-bond donors (Lipinski definition) is 1. The van der Waals surface area contributed by atoms with Gasteiger partial charge in [-0.2, -0.15) is 5.10 Å². The number of aromatic nitrogens is 3. The Bertz CT molecular complexity index is 1190. The summed E-state index contributed by atoms with van der Waals surface area (Å²) in [6, 6.07) is 10.9. The third kappa shape index (κ3) is 3.71. The Morgan fingerprint density at radius 3 is 2.79 bits per heavy atom. The lowest BCUT2D eigenvalue weighted by Crippen LogP contribution is -2.14. The highest BCUT2D eigenvalue weighted by Crippen LogP contribution is 2.31. The number of halogens is 1. The topological polar surface area (TPSA) is 69.0 Å². The molecule has 1 aromatic carbocycles. The monoisotopic (exact) mass is 426 g/mol. The quantitative estimate of drug-likeness (QED) is 0.447. The zero-order valence-electron chi connectivity index (χ0n) is 16.1. The Labute approximate surface area is 177 Å². The van der Waals surface area contributed by atoms with Gasteiger partial charge in [0, 0.05) is 11.1 Å². The molecule has 1 amide bonds. The van der Waals surface area contributed by atoms with E-state index in [1.165, 1.54) is 0 Å². The molecule has 0 atom stereocenters. The number of benzene rings is 1. The second-order valence-corrected chi connectivity index (χ2v) is 8.14. The normalized spacial score (nSPS) is 11.2. The van der Waals surface area contributed by atoms with Gasteiger partial charge in [0.1, 0.15) is 5.75 Å². The molecular weight excluding hydrogens is 408 g/mol. The number of rotatable bonds is 5. The van der Waals surface area contributed by atoms with Crippen LogP contribution < -0.4 is 10.1 Å². The van der Waals surface area contributed by atoms with Gasteiger partial charge >= 0.3 is 0 Å². The summed E-state index contributed by atoms with van der Waals surface area (Å²) in [7, 11) is 1.55. The molecular formula is C21H19ClN4O2S. The van der Waals surface area contributed by atoms with Gasteiger partial charge in [0.25, 0.3) is 5.91 Å². The second kappa shape index (κ2) is 7.85. The van der Waals surface area contributed by atoms with Crippen molar-refractivity contribution in [1.82, 2.24) is 14.8 Å². The van der Waals surface area contributed by atoms with Crippen LogP contribution in [0.25, 0.3) is 21.6 Å². The standard InChI is InChI=1S/C21H19ClN4O2S/c1-12(2)26-20-15(11-23-26)14(10-17(24-20)19-5-4-8-29-19)21(27)25-16-9-13(22)6-7-18(16)28-3/h4-12H,1-3H3,(H,25,27). The molecule has 3 aromatic heterocycles. The highest BCUT2D eigenvalue weighted by atomic mass is 35.5. The average Bonchev–Trinajstić information content (AvgIpc) is 3.37. The van der Waals surface area contributed by atoms with E-state index in [1.54, 1.807) is 48.9 Å². The van der Waals surface area contributed by atoms with Crippen molar-refractivity contribution in [1.29, 1.82) is 0 Å². The van der Waals surface area contributed by atoms with E-state index >= 15 is 0 Å². The van der Waals surface area contributed by atoms with Gasteiger partial charge in [-0.1, -0.05) is 17.7 Å². The van der Waals surface area contributed by atoms with Crippen molar-refractivity contribution in [2.24, 2.45) is 0 Å². The number of carbonyl (C=O) groups excluding carboxylic acids is 1. The number of thiophene rings is 1. The smallest absolute Gasteiger partial charge is 0.256 e. The number of pyridine rings is 1. The van der Waals surface area contributed by atoms with E-state index in [0.717, 1.165) is 10.6 Å². The molecule has 0 unspecified atom stereocenters. The second-order valence-electron chi connectivity index (χ2n) is 6.75. The minimum Gasteiger partial charge on any atom is -0.495 e. The van der Waals surface area contributed by atoms with E-state index in [2.05, 4.69) is 10.4 Å². The summed E-state index contributed by atoms with van der Waals surface area (Å²) in [5.74, 6) is 0.253. The molecule has 0 saturated carbocycles. The van der Waals surface area contributed by atoms with E-state index in [-0.39, 0.29) is 11.9 Å². The first-order valence-electron chi connectivity index (χ1n) is 9.05. The van der Waals surface area contributed by atoms with Crippen LogP contribution in [0.1, 0.15) is 30.2 Å². The first kappa shape index (κ1) is 19.4. The molecule has 0 fully saturated rings. The minimum atomic E-state index is -0.279. The van der Waals surface area contributed by atoms with Crippen molar-refractivity contribution in [2.45, 2.75) is 19.9 Å². The molecule has 0 bridgehead atoms. The Morgan fingerprint density at radius 2 is 2.10 bits per heavy atom. The molecule has 1 N–H and O–H groups in total. The Balaban J connectivity index is 1.84. The summed E-state index contributed by atoms with van der Waals surface area (Å²) in [5, 5.41) is 10.5. The fourth-order valence-corrected chi connectivity index (χ4v) is 3.96. The number of nitrogens with one attached hydrogen (secondary N) is 1. The Morgan fingerprint density at radius 1 is 1.28 bits per heavy atom. The summed E-state index contributed by atoms with van der Waals surface area (Å²) in [6.07, 6.45) is 1.69. The van der Waals surface area contributed by atoms with Crippen LogP contribution in [0.15, 0.2) is 48.0 Å². The number of ether oxygens (including phenoxy) is 1. The summed E-state index contributed by atoms with van der Waals surface area (Å²) in [5.41, 5.74) is 2.41. The molecule has 29 heavy (non-hydrogen) atoms. The molecule has 6 nitrogen and oxygen atoms in total. The summed E-state index contributed by atoms with van der Waals surface area (Å²) in [6.45, 7) is 4.06. The van der Waals surface area contributed by atoms with E-state index in [1.807, 2.05) is 36.0 Å². The van der Waals surface area contributed by atoms with Gasteiger partial charge in [-0.3, -0.25) is 4.79 Å². The maximum absolute atomic E-state index is 13.2. The van der Waals surface area contributed by atoms with Crippen LogP contribution in [-0.4, -0.2) is 27.8 Å². The van der Waals surface area contributed by atoms with Crippen LogP contribution in [0, 0.1) is 0 Å². The van der Waals surface area contributed by atoms with Gasteiger partial charge in [-0.25, -0.2) is 9.67 Å². The van der Waals surface area contributed by atoms with E-state index in [4.69, 9.17) is 21.3 Å². The molecule has 148 valence electrons. The molecule has 8 heteroatoms. The minimum absolute atomic E-state index is 0.113. The predicted molar refractivity (Wildman–Crippen MR) is 117 cm³/mol. The van der Waals surface area contributed by atoms with Gasteiger partial charge in [0.15, 0.2) is 5.65 Å². The number of nitrogens with zero attached hydrogens (tertiary/aromatic N) is 3. The Hall–Kier alpha value is -2.90. The first-order valence-corrected chi connectivity index (χ1v) is 10.3. The summed E-state index contributed by atoms with van der Waals surface area (Å²) < 4.78 is 7.16. The largest absolute Gasteiger partial charge is 0.495 e. The van der Waals surface area contributed by atoms with Crippen molar-refractivity contribution in [3.05, 3.63) is 58.6 Å². The summed E-state index contributed by atoms with van der Waals surface area (Å²) >= 11 is 7.67. The SMILES string of the molecule is COc1ccc(Cl)cc1NC(=O)c1cc(-c2cccs2)nc2c1cnn2C(C)C. The van der Waals surface area contributed by atoms with E-state index < -0.39 is 0 Å². The summed E-state index contributed by atoms with van der Waals surface area (Å²) in [4.78, 5) is 19.0. The molecule has 0 radical (unpaired) electrons. The molecule has 0 aliphatic carbocycles. The lowest BCUT2D eigenvalue weighted by Gasteiger charge is -2.12. The number of methoxy groups -OCH3 is 1. The highest BCUT2D eigenvalue weighted by molar-refractivity contribution is 7.13. The van der Waals surface area contributed by atoms with Crippen LogP contribution in [-0.2, 0) is 0 Å². The number of fused-ring (bicyclic) bond motifs is 1. The molecule has 0 aliphatic rings. The van der Waals surface area contributed by atoms with Crippen LogP contribution in [0.3, 0.4) is 0 Å². The fourth-order valence-electron chi connectivity index (χ4n) is 3.10. The molecule has 4 aromatic rings. The number of hydrogen-bond acceptors (Lipinski definition) is 5. The zero-order chi connectivity index (χ0) is 20.5. The van der Waals surface area contributed by atoms with Crippen LogP contribution in [0.2, 0.25) is 5.02 Å². The molecule has 3 heterocycles. The van der Waals surface area contributed by atoms with Crippen molar-refractivity contribution >= 4 is 45.6 Å². The third-order valence-electron chi connectivity index (χ3n) is 4.48. The van der Waals surface area contributed by atoms with E-state index in [9.17, 15) is 4.79 Å². The van der Waals surface area contributed by atoms with Gasteiger partial charge in [-0.05, 0) is 49.6 Å². The highest BCUT2D eigenvalue weighted by Gasteiger charge is 2.20. The molecule has 0 aliphatic heterocycles. The van der Waals surface area contributed by atoms with Gasteiger partial charge in [0.05, 0.1) is 40.5 Å². The van der Waals surface area contributed by atoms with Gasteiger partial charge in [-0.15, -0.1) is 11.3 Å². The first-order chi connectivity index (χ1) is 14.0. The van der Waals surface area contributed by atoms with Crippen molar-refractivity contribution in [3.8, 4) is 16.3 Å². The van der Waals surface area contributed by atoms with E-state index in [0.29, 0.717) is 33.1 Å². The zero-order valence-corrected chi connectivity index (χ0v) is 17.7. The third-order valence-corrected chi connectivity index (χ3v) is 5.61. The Kier molecular flexibility index (Phi) is 5.25. The number of carbonyl (C=O) groups is 1. The lowest BCUT2D eigenvalue weighted by atomic mass is 10.1. The number of anilines is 1. The maximum atomic E-state index is 13.2. The van der Waals surface area contributed by atoms with Crippen LogP contribution in [0.5, 0.6) is 5.75 Å².